The number of ketones is 1. The number of halogens is 1. The lowest BCUT2D eigenvalue weighted by molar-refractivity contribution is 0.103. The Morgan fingerprint density at radius 2 is 1.71 bits per heavy atom. The molecule has 0 radical (unpaired) electrons. The molecule has 0 bridgehead atoms. The van der Waals surface area contributed by atoms with Crippen LogP contribution in [0.15, 0.2) is 48.5 Å². The van der Waals surface area contributed by atoms with E-state index >= 15 is 0 Å². The van der Waals surface area contributed by atoms with Gasteiger partial charge in [0.25, 0.3) is 0 Å². The minimum Gasteiger partial charge on any atom is -0.497 e. The molecule has 2 aromatic carbocycles. The van der Waals surface area contributed by atoms with Crippen LogP contribution in [0.5, 0.6) is 5.75 Å². The van der Waals surface area contributed by atoms with Gasteiger partial charge in [0.15, 0.2) is 5.78 Å². The summed E-state index contributed by atoms with van der Waals surface area (Å²) in [6.45, 7) is 0. The average Bonchev–Trinajstić information content (AvgIpc) is 2.39. The maximum atomic E-state index is 13.4. The summed E-state index contributed by atoms with van der Waals surface area (Å²) in [5.41, 5.74) is 0.522. The largest absolute Gasteiger partial charge is 0.497 e. The molecule has 2 aromatic rings. The van der Waals surface area contributed by atoms with Gasteiger partial charge in [-0.15, -0.1) is 0 Å². The molecule has 0 N–H and O–H groups in total. The third kappa shape index (κ3) is 2.33. The summed E-state index contributed by atoms with van der Waals surface area (Å²) >= 11 is 0. The highest BCUT2D eigenvalue weighted by molar-refractivity contribution is 6.09. The molecule has 0 spiro atoms. The van der Waals surface area contributed by atoms with Crippen LogP contribution in [-0.4, -0.2) is 12.9 Å². The van der Waals surface area contributed by atoms with Crippen LogP contribution in [0.4, 0.5) is 4.39 Å². The Morgan fingerprint density at radius 3 is 2.29 bits per heavy atom. The van der Waals surface area contributed by atoms with Gasteiger partial charge in [-0.1, -0.05) is 12.1 Å². The van der Waals surface area contributed by atoms with Gasteiger partial charge >= 0.3 is 0 Å². The van der Waals surface area contributed by atoms with Gasteiger partial charge in [0, 0.05) is 5.56 Å². The molecule has 0 aliphatic heterocycles. The van der Waals surface area contributed by atoms with Crippen molar-refractivity contribution in [1.29, 1.82) is 0 Å². The van der Waals surface area contributed by atoms with E-state index in [1.807, 2.05) is 0 Å². The minimum atomic E-state index is -0.506. The van der Waals surface area contributed by atoms with Gasteiger partial charge in [-0.05, 0) is 36.4 Å². The maximum Gasteiger partial charge on any atom is 0.195 e. The number of rotatable bonds is 3. The Hall–Kier alpha value is -2.16. The summed E-state index contributed by atoms with van der Waals surface area (Å²) in [4.78, 5) is 12.0. The maximum absolute atomic E-state index is 13.4. The molecular weight excluding hydrogens is 219 g/mol. The van der Waals surface area contributed by atoms with E-state index < -0.39 is 5.82 Å². The fourth-order valence-corrected chi connectivity index (χ4v) is 1.54. The van der Waals surface area contributed by atoms with Crippen LogP contribution in [0.3, 0.4) is 0 Å². The summed E-state index contributed by atoms with van der Waals surface area (Å²) in [7, 11) is 1.55. The van der Waals surface area contributed by atoms with E-state index in [2.05, 4.69) is 0 Å². The molecule has 0 aliphatic carbocycles. The zero-order valence-electron chi connectivity index (χ0n) is 9.31. The molecule has 0 aromatic heterocycles. The fraction of sp³-hybridized carbons (Fsp3) is 0.0714. The number of carbonyl (C=O) groups excluding carboxylic acids is 1. The molecule has 0 unspecified atom stereocenters. The molecular formula is C14H11FO2. The van der Waals surface area contributed by atoms with Crippen molar-refractivity contribution >= 4 is 5.78 Å². The second-order valence-corrected chi connectivity index (χ2v) is 3.54. The van der Waals surface area contributed by atoms with Crippen LogP contribution in [0.25, 0.3) is 0 Å². The zero-order valence-corrected chi connectivity index (χ0v) is 9.31. The predicted molar refractivity (Wildman–Crippen MR) is 62.8 cm³/mol. The number of hydrogen-bond donors (Lipinski definition) is 0. The van der Waals surface area contributed by atoms with Crippen LogP contribution in [-0.2, 0) is 0 Å². The highest BCUT2D eigenvalue weighted by atomic mass is 19.1. The Bertz CT molecular complexity index is 532. The fourth-order valence-electron chi connectivity index (χ4n) is 1.54. The van der Waals surface area contributed by atoms with Crippen molar-refractivity contribution in [1.82, 2.24) is 0 Å². The van der Waals surface area contributed by atoms with Gasteiger partial charge in [0.2, 0.25) is 0 Å². The molecule has 3 heteroatoms. The van der Waals surface area contributed by atoms with Gasteiger partial charge in [-0.2, -0.15) is 0 Å². The smallest absolute Gasteiger partial charge is 0.195 e. The van der Waals surface area contributed by atoms with Crippen LogP contribution in [0.1, 0.15) is 15.9 Å². The number of hydrogen-bond acceptors (Lipinski definition) is 2. The molecule has 0 fully saturated rings. The first-order chi connectivity index (χ1) is 8.22. The van der Waals surface area contributed by atoms with Crippen molar-refractivity contribution in [3.05, 3.63) is 65.5 Å². The summed E-state index contributed by atoms with van der Waals surface area (Å²) < 4.78 is 18.4. The van der Waals surface area contributed by atoms with E-state index in [0.717, 1.165) is 0 Å². The SMILES string of the molecule is COc1ccc(C(=O)c2ccccc2F)cc1. The average molecular weight is 230 g/mol. The zero-order chi connectivity index (χ0) is 12.3. The highest BCUT2D eigenvalue weighted by Gasteiger charge is 2.12. The Morgan fingerprint density at radius 1 is 1.06 bits per heavy atom. The summed E-state index contributed by atoms with van der Waals surface area (Å²) in [5.74, 6) is -0.172. The van der Waals surface area contributed by atoms with Gasteiger partial charge in [-0.25, -0.2) is 4.39 Å². The third-order valence-corrected chi connectivity index (χ3v) is 2.47. The summed E-state index contributed by atoms with van der Waals surface area (Å²) in [5, 5.41) is 0. The van der Waals surface area contributed by atoms with E-state index in [4.69, 9.17) is 4.74 Å². The summed E-state index contributed by atoms with van der Waals surface area (Å²) in [6.07, 6.45) is 0. The topological polar surface area (TPSA) is 26.3 Å². The van der Waals surface area contributed by atoms with Crippen LogP contribution in [0.2, 0.25) is 0 Å². The summed E-state index contributed by atoms with van der Waals surface area (Å²) in [6, 6.07) is 12.5. The van der Waals surface area contributed by atoms with E-state index in [1.165, 1.54) is 12.1 Å². The highest BCUT2D eigenvalue weighted by Crippen LogP contribution is 2.16. The van der Waals surface area contributed by atoms with Gasteiger partial charge in [-0.3, -0.25) is 4.79 Å². The lowest BCUT2D eigenvalue weighted by Gasteiger charge is -2.03. The molecule has 2 nitrogen and oxygen atoms in total. The molecule has 2 rings (SSSR count). The lowest BCUT2D eigenvalue weighted by atomic mass is 10.0. The Balaban J connectivity index is 2.34. The molecule has 0 saturated heterocycles. The molecule has 0 saturated carbocycles. The van der Waals surface area contributed by atoms with E-state index in [0.29, 0.717) is 11.3 Å². The van der Waals surface area contributed by atoms with E-state index in [-0.39, 0.29) is 11.3 Å². The molecule has 0 amide bonds. The van der Waals surface area contributed by atoms with Crippen LogP contribution in [0, 0.1) is 5.82 Å². The minimum absolute atomic E-state index is 0.0812. The first-order valence-electron chi connectivity index (χ1n) is 5.15. The second-order valence-electron chi connectivity index (χ2n) is 3.54. The van der Waals surface area contributed by atoms with Gasteiger partial charge in [0.05, 0.1) is 12.7 Å². The predicted octanol–water partition coefficient (Wildman–Crippen LogP) is 3.07. The Kier molecular flexibility index (Phi) is 3.19. The number of benzene rings is 2. The van der Waals surface area contributed by atoms with E-state index in [1.54, 1.807) is 43.5 Å². The standard InChI is InChI=1S/C14H11FO2/c1-17-11-8-6-10(7-9-11)14(16)12-4-2-3-5-13(12)15/h2-9H,1H3. The molecule has 0 aliphatic rings. The first-order valence-corrected chi connectivity index (χ1v) is 5.15. The normalized spacial score (nSPS) is 10.0. The number of carbonyl (C=O) groups is 1. The second kappa shape index (κ2) is 4.78. The number of ether oxygens (including phenoxy) is 1. The Labute approximate surface area is 98.7 Å². The van der Waals surface area contributed by atoms with Gasteiger partial charge in [0.1, 0.15) is 11.6 Å². The number of methoxy groups -OCH3 is 1. The molecule has 17 heavy (non-hydrogen) atoms. The lowest BCUT2D eigenvalue weighted by Crippen LogP contribution is -2.03. The van der Waals surface area contributed by atoms with Crippen molar-refractivity contribution in [3.63, 3.8) is 0 Å². The van der Waals surface area contributed by atoms with Crippen molar-refractivity contribution in [3.8, 4) is 5.75 Å². The van der Waals surface area contributed by atoms with Crippen molar-refractivity contribution < 1.29 is 13.9 Å². The first kappa shape index (κ1) is 11.3. The molecule has 0 heterocycles. The van der Waals surface area contributed by atoms with Crippen molar-refractivity contribution in [2.45, 2.75) is 0 Å². The van der Waals surface area contributed by atoms with Crippen LogP contribution >= 0.6 is 0 Å². The van der Waals surface area contributed by atoms with Crippen molar-refractivity contribution in [2.75, 3.05) is 7.11 Å². The van der Waals surface area contributed by atoms with Crippen LogP contribution < -0.4 is 4.74 Å². The molecule has 0 atom stereocenters. The van der Waals surface area contributed by atoms with Crippen molar-refractivity contribution in [2.24, 2.45) is 0 Å². The third-order valence-electron chi connectivity index (χ3n) is 2.47. The van der Waals surface area contributed by atoms with E-state index in [9.17, 15) is 9.18 Å². The van der Waals surface area contributed by atoms with Gasteiger partial charge < -0.3 is 4.74 Å². The molecule has 86 valence electrons. The monoisotopic (exact) mass is 230 g/mol. The quantitative estimate of drug-likeness (QED) is 0.757.